The van der Waals surface area contributed by atoms with Crippen LogP contribution in [0.3, 0.4) is 0 Å². The van der Waals surface area contributed by atoms with Crippen molar-refractivity contribution < 1.29 is 46.5 Å². The third kappa shape index (κ3) is 7.75. The Labute approximate surface area is 243 Å². The maximum atomic E-state index is 14.0. The van der Waals surface area contributed by atoms with Crippen LogP contribution in [0.4, 0.5) is 28.9 Å². The van der Waals surface area contributed by atoms with Gasteiger partial charge in [-0.2, -0.15) is 0 Å². The smallest absolute Gasteiger partial charge is 0.497 e. The molecule has 0 spiro atoms. The fraction of sp³-hybridized carbons (Fsp3) is 0.310. The van der Waals surface area contributed by atoms with Crippen molar-refractivity contribution in [3.05, 3.63) is 76.8 Å². The number of fused-ring (bicyclic) bond motifs is 1. The molecule has 0 aliphatic carbocycles. The van der Waals surface area contributed by atoms with E-state index in [1.54, 1.807) is 42.5 Å². The van der Waals surface area contributed by atoms with E-state index in [-0.39, 0.29) is 25.3 Å². The minimum Gasteiger partial charge on any atom is -0.497 e. The molecule has 42 heavy (non-hydrogen) atoms. The van der Waals surface area contributed by atoms with Gasteiger partial charge in [0.1, 0.15) is 30.0 Å². The highest BCUT2D eigenvalue weighted by atomic mass is 35.5. The van der Waals surface area contributed by atoms with Crippen LogP contribution < -0.4 is 24.4 Å². The number of nitrogens with one attached hydrogen (secondary N) is 1. The third-order valence-corrected chi connectivity index (χ3v) is 6.85. The summed E-state index contributed by atoms with van der Waals surface area (Å²) in [6.07, 6.45) is -4.51. The molecule has 0 saturated heterocycles. The maximum Gasteiger partial charge on any atom is 0.573 e. The number of rotatable bonds is 12. The second kappa shape index (κ2) is 13.2. The summed E-state index contributed by atoms with van der Waals surface area (Å²) >= 11 is 6.07. The fourth-order valence-electron chi connectivity index (χ4n) is 4.49. The number of alkyl halides is 4. The van der Waals surface area contributed by atoms with Crippen LogP contribution in [0.5, 0.6) is 17.2 Å². The largest absolute Gasteiger partial charge is 0.573 e. The molecule has 2 N–H and O–H groups in total. The molecule has 1 unspecified atom stereocenters. The highest BCUT2D eigenvalue weighted by Crippen LogP contribution is 2.37. The molecule has 0 bridgehead atoms. The van der Waals surface area contributed by atoms with Crippen molar-refractivity contribution in [3.63, 3.8) is 0 Å². The number of hydrogen-bond donors (Lipinski definition) is 2. The lowest BCUT2D eigenvalue weighted by Gasteiger charge is -2.27. The van der Waals surface area contributed by atoms with E-state index in [1.807, 2.05) is 0 Å². The average Bonchev–Trinajstić information content (AvgIpc) is 3.36. The zero-order valence-corrected chi connectivity index (χ0v) is 23.0. The van der Waals surface area contributed by atoms with E-state index < -0.39 is 42.6 Å². The lowest BCUT2D eigenvalue weighted by atomic mass is 10.0. The zero-order chi connectivity index (χ0) is 30.4. The Balaban J connectivity index is 1.62. The number of carbonyl (C=O) groups is 2. The van der Waals surface area contributed by atoms with E-state index in [0.29, 0.717) is 39.7 Å². The summed E-state index contributed by atoms with van der Waals surface area (Å²) in [5.74, 6) is -2.72. The van der Waals surface area contributed by atoms with Gasteiger partial charge in [0.25, 0.3) is 5.91 Å². The molecular formula is C29H27ClF4N2O6. The predicted octanol–water partition coefficient (Wildman–Crippen LogP) is 6.43. The van der Waals surface area contributed by atoms with E-state index in [1.165, 1.54) is 30.2 Å². The summed E-state index contributed by atoms with van der Waals surface area (Å²) in [5.41, 5.74) is 1.92. The second-order valence-electron chi connectivity index (χ2n) is 9.43. The molecule has 8 nitrogen and oxygen atoms in total. The molecule has 4 rings (SSSR count). The molecule has 0 aromatic heterocycles. The van der Waals surface area contributed by atoms with Crippen LogP contribution in [0, 0.1) is 5.92 Å². The summed E-state index contributed by atoms with van der Waals surface area (Å²) in [7, 11) is 1.43. The molecule has 1 aliphatic heterocycles. The number of ether oxygens (including phenoxy) is 3. The number of anilines is 2. The lowest BCUT2D eigenvalue weighted by molar-refractivity contribution is -0.274. The molecule has 13 heteroatoms. The first-order valence-corrected chi connectivity index (χ1v) is 13.2. The van der Waals surface area contributed by atoms with Gasteiger partial charge in [-0.1, -0.05) is 29.8 Å². The molecule has 1 aliphatic rings. The second-order valence-corrected chi connectivity index (χ2v) is 9.87. The van der Waals surface area contributed by atoms with E-state index in [9.17, 15) is 27.2 Å². The van der Waals surface area contributed by atoms with Crippen molar-refractivity contribution in [2.45, 2.75) is 25.2 Å². The Kier molecular flexibility index (Phi) is 9.66. The molecule has 0 saturated carbocycles. The van der Waals surface area contributed by atoms with Crippen molar-refractivity contribution in [1.29, 1.82) is 0 Å². The van der Waals surface area contributed by atoms with Gasteiger partial charge in [0.05, 0.1) is 25.3 Å². The third-order valence-electron chi connectivity index (χ3n) is 6.60. The first kappa shape index (κ1) is 30.8. The van der Waals surface area contributed by atoms with Crippen molar-refractivity contribution in [2.75, 3.05) is 37.2 Å². The minimum atomic E-state index is -4.89. The van der Waals surface area contributed by atoms with Crippen LogP contribution in [-0.2, 0) is 16.0 Å². The molecule has 3 aromatic carbocycles. The molecule has 3 aromatic rings. The Morgan fingerprint density at radius 2 is 1.76 bits per heavy atom. The molecule has 0 fully saturated rings. The van der Waals surface area contributed by atoms with Crippen molar-refractivity contribution in [3.8, 4) is 17.2 Å². The van der Waals surface area contributed by atoms with Crippen LogP contribution in [-0.4, -0.2) is 50.3 Å². The van der Waals surface area contributed by atoms with Gasteiger partial charge in [0, 0.05) is 41.5 Å². The predicted molar refractivity (Wildman–Crippen MR) is 147 cm³/mol. The Bertz CT molecular complexity index is 1420. The first-order chi connectivity index (χ1) is 20.0. The quantitative estimate of drug-likeness (QED) is 0.228. The number of benzene rings is 3. The van der Waals surface area contributed by atoms with Gasteiger partial charge < -0.3 is 29.5 Å². The van der Waals surface area contributed by atoms with Gasteiger partial charge in [-0.3, -0.25) is 14.0 Å². The van der Waals surface area contributed by atoms with Crippen molar-refractivity contribution >= 4 is 34.9 Å². The van der Waals surface area contributed by atoms with Crippen LogP contribution in [0.25, 0.3) is 0 Å². The number of halogens is 5. The Morgan fingerprint density at radius 3 is 2.40 bits per heavy atom. The van der Waals surface area contributed by atoms with Crippen LogP contribution in [0.2, 0.25) is 5.02 Å². The standard InChI is InChI=1S/C29H27ClF4N2O6/c1-40-23-12-21(13-24(14-23)41-11-9-19(16-31)28(38)39)35-26(18-2-5-20(30)6-3-18)27(37)36-10-8-17-4-7-22(15-25(17)36)42-29(32,33)34/h2-7,12-15,19,26,35H,8-11,16H2,1H3,(H,38,39)/t19-,26?/m0/s1. The number of hydrogen-bond acceptors (Lipinski definition) is 6. The summed E-state index contributed by atoms with van der Waals surface area (Å²) in [4.78, 5) is 26.5. The molecule has 0 radical (unpaired) electrons. The molecule has 1 amide bonds. The molecule has 1 heterocycles. The van der Waals surface area contributed by atoms with Gasteiger partial charge in [0.15, 0.2) is 0 Å². The van der Waals surface area contributed by atoms with E-state index >= 15 is 0 Å². The number of carboxylic acid groups (broad SMARTS) is 1. The van der Waals surface area contributed by atoms with Gasteiger partial charge in [-0.05, 0) is 42.2 Å². The maximum absolute atomic E-state index is 14.0. The van der Waals surface area contributed by atoms with E-state index in [4.69, 9.17) is 26.2 Å². The summed E-state index contributed by atoms with van der Waals surface area (Å²) in [6.45, 7) is -0.876. The van der Waals surface area contributed by atoms with Crippen LogP contribution in [0.1, 0.15) is 23.6 Å². The number of nitrogens with zero attached hydrogens (tertiary/aromatic N) is 1. The summed E-state index contributed by atoms with van der Waals surface area (Å²) in [5, 5.41) is 12.7. The number of methoxy groups -OCH3 is 1. The van der Waals surface area contributed by atoms with Crippen molar-refractivity contribution in [2.24, 2.45) is 5.92 Å². The lowest BCUT2D eigenvalue weighted by Crippen LogP contribution is -2.37. The minimum absolute atomic E-state index is 0.0634. The average molecular weight is 611 g/mol. The van der Waals surface area contributed by atoms with Crippen LogP contribution in [0.15, 0.2) is 60.7 Å². The number of carbonyl (C=O) groups excluding carboxylic acids is 1. The van der Waals surface area contributed by atoms with Gasteiger partial charge in [0.2, 0.25) is 0 Å². The fourth-order valence-corrected chi connectivity index (χ4v) is 4.62. The monoisotopic (exact) mass is 610 g/mol. The molecule has 224 valence electrons. The van der Waals surface area contributed by atoms with Crippen LogP contribution >= 0.6 is 11.6 Å². The SMILES string of the molecule is COc1cc(NC(C(=O)N2CCc3ccc(OC(F)(F)F)cc32)c2ccc(Cl)cc2)cc(OCC[C@@H](CF)C(=O)O)c1. The Hall–Kier alpha value is -4.19. The topological polar surface area (TPSA) is 97.3 Å². The first-order valence-electron chi connectivity index (χ1n) is 12.8. The summed E-state index contributed by atoms with van der Waals surface area (Å²) < 4.78 is 66.6. The van der Waals surface area contributed by atoms with Crippen molar-refractivity contribution in [1.82, 2.24) is 0 Å². The highest BCUT2D eigenvalue weighted by Gasteiger charge is 2.34. The van der Waals surface area contributed by atoms with E-state index in [2.05, 4.69) is 10.1 Å². The summed E-state index contributed by atoms with van der Waals surface area (Å²) in [6, 6.07) is 14.1. The number of aliphatic carboxylic acids is 1. The Morgan fingerprint density at radius 1 is 1.05 bits per heavy atom. The van der Waals surface area contributed by atoms with E-state index in [0.717, 1.165) is 0 Å². The number of amides is 1. The van der Waals surface area contributed by atoms with Gasteiger partial charge in [-0.25, -0.2) is 0 Å². The normalized spacial score (nSPS) is 14.1. The highest BCUT2D eigenvalue weighted by molar-refractivity contribution is 6.30. The molecular weight excluding hydrogens is 584 g/mol. The van der Waals surface area contributed by atoms with Gasteiger partial charge in [-0.15, -0.1) is 13.2 Å². The number of carboxylic acids is 1. The molecule has 2 atom stereocenters. The van der Waals surface area contributed by atoms with Gasteiger partial charge >= 0.3 is 12.3 Å². The zero-order valence-electron chi connectivity index (χ0n) is 22.3.